The Morgan fingerprint density at radius 2 is 0.346 bits per heavy atom. The van der Waals surface area contributed by atoms with Gasteiger partial charge in [0.2, 0.25) is 0 Å². The summed E-state index contributed by atoms with van der Waals surface area (Å²) in [5, 5.41) is 7.38. The maximum atomic E-state index is 6.62. The van der Waals surface area contributed by atoms with Gasteiger partial charge in [-0.25, -0.2) is 0 Å². The van der Waals surface area contributed by atoms with Crippen LogP contribution < -0.4 is 0 Å². The molecule has 0 atom stereocenters. The second-order valence-corrected chi connectivity index (χ2v) is 42.2. The maximum Gasteiger partial charge on any atom is 0.501 e. The molecule has 0 aliphatic rings. The fraction of sp³-hybridized carbons (Fsp3) is 0.545. The monoisotopic (exact) mass is 1490 g/mol. The van der Waals surface area contributed by atoms with Gasteiger partial charge in [0, 0.05) is 97.4 Å². The molecule has 0 saturated carbocycles. The number of aryl methyl sites for hydroxylation is 4. The average molecular weight is 1490 g/mol. The van der Waals surface area contributed by atoms with Crippen LogP contribution in [0.25, 0.3) is 76.8 Å². The van der Waals surface area contributed by atoms with Crippen LogP contribution in [-0.2, 0) is 78.8 Å². The van der Waals surface area contributed by atoms with Crippen LogP contribution in [0.15, 0.2) is 133 Å². The Kier molecular flexibility index (Phi) is 31.4. The molecule has 0 amide bonds. The van der Waals surface area contributed by atoms with Crippen molar-refractivity contribution < 1.29 is 53.1 Å². The normalized spacial score (nSPS) is 13.2. The van der Waals surface area contributed by atoms with E-state index in [0.29, 0.717) is 0 Å². The Morgan fingerprint density at radius 3 is 0.481 bits per heavy atom. The molecule has 0 fully saturated rings. The Labute approximate surface area is 632 Å². The van der Waals surface area contributed by atoms with E-state index < -0.39 is 35.2 Å². The van der Waals surface area contributed by atoms with E-state index in [-0.39, 0.29) is 73.2 Å². The van der Waals surface area contributed by atoms with Gasteiger partial charge in [0.15, 0.2) is 0 Å². The van der Waals surface area contributed by atoms with E-state index in [9.17, 15) is 0 Å². The van der Waals surface area contributed by atoms with Crippen molar-refractivity contribution in [2.45, 2.75) is 315 Å². The lowest BCUT2D eigenvalue weighted by Crippen LogP contribution is -2.50. The summed E-state index contributed by atoms with van der Waals surface area (Å²) in [5.41, 5.74) is 14.5. The molecular formula is C88H130O12Si4. The number of hydrogen-bond acceptors (Lipinski definition) is 12. The van der Waals surface area contributed by atoms with E-state index in [1.165, 1.54) is 99.1 Å². The Bertz CT molecular complexity index is 3280. The summed E-state index contributed by atoms with van der Waals surface area (Å²) in [6.07, 6.45) is 6.93. The summed E-state index contributed by atoms with van der Waals surface area (Å²) in [6, 6.07) is 54.7. The largest absolute Gasteiger partial charge is 0.501 e. The minimum absolute atomic E-state index is 0.00809. The molecule has 8 aromatic rings. The van der Waals surface area contributed by atoms with Gasteiger partial charge in [0.05, 0.1) is 0 Å². The average Bonchev–Trinajstić information content (AvgIpc) is 0.708. The zero-order valence-corrected chi connectivity index (χ0v) is 72.0. The van der Waals surface area contributed by atoms with Crippen LogP contribution in [0.1, 0.15) is 214 Å². The van der Waals surface area contributed by atoms with Crippen molar-refractivity contribution in [2.75, 3.05) is 0 Å². The third kappa shape index (κ3) is 24.1. The van der Waals surface area contributed by atoms with Gasteiger partial charge in [-0.1, -0.05) is 121 Å². The van der Waals surface area contributed by atoms with E-state index in [2.05, 4.69) is 300 Å². The predicted molar refractivity (Wildman–Crippen MR) is 442 cm³/mol. The van der Waals surface area contributed by atoms with Gasteiger partial charge in [0.1, 0.15) is 0 Å². The second-order valence-electron chi connectivity index (χ2n) is 31.9. The fourth-order valence-corrected chi connectivity index (χ4v) is 27.9. The third-order valence-corrected chi connectivity index (χ3v) is 31.6. The summed E-state index contributed by atoms with van der Waals surface area (Å²) >= 11 is 0. The molecule has 0 aliphatic heterocycles. The first-order valence-electron chi connectivity index (χ1n) is 39.5. The summed E-state index contributed by atoms with van der Waals surface area (Å²) in [5.74, 6) is 0. The third-order valence-electron chi connectivity index (χ3n) is 17.7. The van der Waals surface area contributed by atoms with Gasteiger partial charge in [-0.05, 0) is 329 Å². The summed E-state index contributed by atoms with van der Waals surface area (Å²) in [6.45, 7) is 49.8. The smallest absolute Gasteiger partial charge is 0.371 e. The molecule has 0 radical (unpaired) electrons. The van der Waals surface area contributed by atoms with Crippen molar-refractivity contribution >= 4 is 67.5 Å². The van der Waals surface area contributed by atoms with Crippen LogP contribution in [0, 0.1) is 0 Å². The van der Waals surface area contributed by atoms with E-state index >= 15 is 0 Å². The van der Waals surface area contributed by atoms with Crippen molar-refractivity contribution in [3.05, 3.63) is 156 Å². The lowest BCUT2D eigenvalue weighted by molar-refractivity contribution is 0.00174. The number of hydrogen-bond donors (Lipinski definition) is 0. The number of rotatable bonds is 44. The van der Waals surface area contributed by atoms with Gasteiger partial charge in [-0.2, -0.15) is 0 Å². The van der Waals surface area contributed by atoms with Crippen molar-refractivity contribution in [3.63, 3.8) is 0 Å². The zero-order valence-electron chi connectivity index (χ0n) is 68.0. The summed E-state index contributed by atoms with van der Waals surface area (Å²) < 4.78 is 79.4. The molecule has 12 nitrogen and oxygen atoms in total. The van der Waals surface area contributed by atoms with Crippen LogP contribution in [-0.4, -0.2) is 108 Å². The first-order valence-corrected chi connectivity index (χ1v) is 47.2. The summed E-state index contributed by atoms with van der Waals surface area (Å²) in [4.78, 5) is 0. The van der Waals surface area contributed by atoms with Crippen molar-refractivity contribution in [2.24, 2.45) is 0 Å². The molecule has 16 heteroatoms. The highest BCUT2D eigenvalue weighted by atomic mass is 28.4. The van der Waals surface area contributed by atoms with Crippen LogP contribution >= 0.6 is 0 Å². The molecule has 0 bridgehead atoms. The van der Waals surface area contributed by atoms with Crippen molar-refractivity contribution in [1.82, 2.24) is 0 Å². The Balaban J connectivity index is 1.27. The first kappa shape index (κ1) is 84.8. The Morgan fingerprint density at radius 1 is 0.202 bits per heavy atom. The van der Waals surface area contributed by atoms with E-state index in [1.54, 1.807) is 0 Å². The zero-order chi connectivity index (χ0) is 75.8. The SMILES string of the molecule is CC(C)O[Si](CCCc1ccc(-c2cc(-c3ccc(CCC[Si](OC(C)C)(OC(C)C)OC(C)C)cc3)c3ccc4c(-c5ccc(CCC[Si](OC(C)C)(OC(C)C)OC(C)C)cc5)cc(-c5ccc(CCC[Si](OC(C)C)(OC(C)C)OC(C)C)cc5)c5ccc2c3c54)cc1)(OC(C)C)OC(C)C. The second kappa shape index (κ2) is 38.5. The highest BCUT2D eigenvalue weighted by Gasteiger charge is 2.47. The molecule has 0 unspecified atom stereocenters. The van der Waals surface area contributed by atoms with Gasteiger partial charge in [-0.15, -0.1) is 0 Å². The van der Waals surface area contributed by atoms with Crippen molar-refractivity contribution in [1.29, 1.82) is 0 Å². The summed E-state index contributed by atoms with van der Waals surface area (Å²) in [7, 11) is -11.9. The molecule has 0 aromatic heterocycles. The first-order chi connectivity index (χ1) is 49.2. The Hall–Kier alpha value is -4.81. The van der Waals surface area contributed by atoms with Gasteiger partial charge < -0.3 is 53.1 Å². The van der Waals surface area contributed by atoms with Gasteiger partial charge in [-0.3, -0.25) is 0 Å². The lowest BCUT2D eigenvalue weighted by Gasteiger charge is -2.34. The molecule has 104 heavy (non-hydrogen) atoms. The van der Waals surface area contributed by atoms with Crippen LogP contribution in [0.5, 0.6) is 0 Å². The van der Waals surface area contributed by atoms with Gasteiger partial charge in [0.25, 0.3) is 0 Å². The van der Waals surface area contributed by atoms with E-state index in [4.69, 9.17) is 53.1 Å². The van der Waals surface area contributed by atoms with Gasteiger partial charge >= 0.3 is 35.2 Å². The molecule has 0 spiro atoms. The highest BCUT2D eigenvalue weighted by Crippen LogP contribution is 2.49. The van der Waals surface area contributed by atoms with E-state index in [1.807, 2.05) is 0 Å². The minimum Gasteiger partial charge on any atom is -0.371 e. The minimum atomic E-state index is -2.98. The predicted octanol–water partition coefficient (Wildman–Crippen LogP) is 23.8. The van der Waals surface area contributed by atoms with Crippen molar-refractivity contribution in [3.8, 4) is 44.5 Å². The lowest BCUT2D eigenvalue weighted by atomic mass is 9.81. The van der Waals surface area contributed by atoms with Crippen LogP contribution in [0.2, 0.25) is 24.2 Å². The molecule has 0 heterocycles. The van der Waals surface area contributed by atoms with E-state index in [0.717, 1.165) is 75.5 Å². The standard InChI is InChI=1S/C88H130O12Si4/c1-59(2)89-101(90-60(3)4,91-61(5)6)53-25-29-71-33-41-75(42-34-71)83-57-84(76-43-35-72(36-44-76)30-26-54-102(92-62(7)8,93-63(9)10)94-64(11)12)80-51-52-82-86(78-47-39-74(40-48-78)32-28-56-104(98-68(19)20,99-69(21)22)100-70(23)24)58-85(81-50-49-79(83)87(80)88(81)82)77-45-37-73(38-46-77)31-27-55-103(95-65(13)14,96-66(15)16)97-67(17)18/h33-52,57-70H,25-32,53-56H2,1-24H3. The number of benzene rings is 8. The fourth-order valence-electron chi connectivity index (χ4n) is 14.7. The highest BCUT2D eigenvalue weighted by molar-refractivity contribution is 6.62. The topological polar surface area (TPSA) is 111 Å². The molecule has 8 aromatic carbocycles. The quantitative estimate of drug-likeness (QED) is 0.0268. The molecule has 570 valence electrons. The van der Waals surface area contributed by atoms with Crippen LogP contribution in [0.3, 0.4) is 0 Å². The maximum absolute atomic E-state index is 6.62. The molecular weight excluding hydrogens is 1360 g/mol. The molecule has 8 rings (SSSR count). The molecule has 0 N–H and O–H groups in total. The molecule has 0 aliphatic carbocycles. The molecule has 0 saturated heterocycles. The van der Waals surface area contributed by atoms with Crippen LogP contribution in [0.4, 0.5) is 0 Å².